The lowest BCUT2D eigenvalue weighted by atomic mass is 9.91. The molecule has 1 aliphatic rings. The average Bonchev–Trinajstić information content (AvgIpc) is 3.21. The third-order valence-electron chi connectivity index (χ3n) is 4.12. The first kappa shape index (κ1) is 14.4. The van der Waals surface area contributed by atoms with Crippen molar-refractivity contribution in [3.63, 3.8) is 0 Å². The predicted octanol–water partition coefficient (Wildman–Crippen LogP) is 3.44. The van der Waals surface area contributed by atoms with Crippen LogP contribution in [0, 0.1) is 5.92 Å². The van der Waals surface area contributed by atoms with Crippen molar-refractivity contribution in [2.24, 2.45) is 5.92 Å². The molecule has 0 radical (unpaired) electrons. The molecule has 1 aromatic carbocycles. The van der Waals surface area contributed by atoms with Gasteiger partial charge in [-0.1, -0.05) is 37.3 Å². The van der Waals surface area contributed by atoms with Crippen molar-refractivity contribution in [2.45, 2.75) is 32.1 Å². The summed E-state index contributed by atoms with van der Waals surface area (Å²) in [5, 5.41) is 0. The minimum Gasteiger partial charge on any atom is -0.342 e. The fraction of sp³-hybridized carbons (Fsp3) is 0.562. The number of nitrogens with zero attached hydrogens (tertiary/aromatic N) is 1. The Morgan fingerprint density at radius 3 is 2.53 bits per heavy atom. The first-order valence-electron chi connectivity index (χ1n) is 7.11. The summed E-state index contributed by atoms with van der Waals surface area (Å²) in [5.41, 5.74) is 0.772. The standard InChI is InChI=1S/C16H22ClNO/c1-3-10-18(4-2)15(19)16(11-14(16)12-17)13-8-6-5-7-9-13/h5-9,14H,3-4,10-12H2,1-2H3. The first-order valence-corrected chi connectivity index (χ1v) is 7.65. The van der Waals surface area contributed by atoms with Crippen LogP contribution in [0.25, 0.3) is 0 Å². The van der Waals surface area contributed by atoms with Gasteiger partial charge in [0.1, 0.15) is 0 Å². The second kappa shape index (κ2) is 5.96. The fourth-order valence-electron chi connectivity index (χ4n) is 2.95. The van der Waals surface area contributed by atoms with Gasteiger partial charge < -0.3 is 4.90 Å². The summed E-state index contributed by atoms with van der Waals surface area (Å²) in [6, 6.07) is 10.1. The van der Waals surface area contributed by atoms with Gasteiger partial charge >= 0.3 is 0 Å². The molecule has 1 amide bonds. The van der Waals surface area contributed by atoms with Crippen LogP contribution < -0.4 is 0 Å². The van der Waals surface area contributed by atoms with Gasteiger partial charge in [-0.3, -0.25) is 4.79 Å². The Hall–Kier alpha value is -1.02. The van der Waals surface area contributed by atoms with Gasteiger partial charge in [0.25, 0.3) is 0 Å². The highest BCUT2D eigenvalue weighted by Gasteiger charge is 2.61. The highest BCUT2D eigenvalue weighted by atomic mass is 35.5. The van der Waals surface area contributed by atoms with Crippen molar-refractivity contribution < 1.29 is 4.79 Å². The van der Waals surface area contributed by atoms with Gasteiger partial charge in [-0.15, -0.1) is 11.6 Å². The lowest BCUT2D eigenvalue weighted by Crippen LogP contribution is -2.41. The van der Waals surface area contributed by atoms with E-state index in [0.717, 1.165) is 31.5 Å². The van der Waals surface area contributed by atoms with Crippen molar-refractivity contribution in [2.75, 3.05) is 19.0 Å². The number of benzene rings is 1. The van der Waals surface area contributed by atoms with E-state index in [1.165, 1.54) is 0 Å². The van der Waals surface area contributed by atoms with E-state index in [1.807, 2.05) is 30.0 Å². The van der Waals surface area contributed by atoms with E-state index in [9.17, 15) is 4.79 Å². The Morgan fingerprint density at radius 1 is 1.37 bits per heavy atom. The van der Waals surface area contributed by atoms with Crippen molar-refractivity contribution in [3.8, 4) is 0 Å². The third-order valence-corrected chi connectivity index (χ3v) is 4.50. The monoisotopic (exact) mass is 279 g/mol. The minimum absolute atomic E-state index is 0.258. The molecule has 1 fully saturated rings. The van der Waals surface area contributed by atoms with Gasteiger partial charge in [0.2, 0.25) is 5.91 Å². The molecule has 2 rings (SSSR count). The molecule has 0 heterocycles. The van der Waals surface area contributed by atoms with Gasteiger partial charge in [0, 0.05) is 19.0 Å². The maximum Gasteiger partial charge on any atom is 0.233 e. The summed E-state index contributed by atoms with van der Waals surface area (Å²) in [5.74, 6) is 1.10. The molecule has 2 nitrogen and oxygen atoms in total. The maximum atomic E-state index is 12.9. The molecule has 3 heteroatoms. The van der Waals surface area contributed by atoms with Crippen LogP contribution in [0.15, 0.2) is 30.3 Å². The summed E-state index contributed by atoms with van der Waals surface area (Å²) in [6.07, 6.45) is 1.88. The number of hydrogen-bond acceptors (Lipinski definition) is 1. The molecule has 0 saturated heterocycles. The molecule has 0 N–H and O–H groups in total. The SMILES string of the molecule is CCCN(CC)C(=O)C1(c2ccccc2)CC1CCl. The van der Waals surface area contributed by atoms with Crippen molar-refractivity contribution >= 4 is 17.5 Å². The van der Waals surface area contributed by atoms with Crippen molar-refractivity contribution in [3.05, 3.63) is 35.9 Å². The molecule has 0 aromatic heterocycles. The van der Waals surface area contributed by atoms with Crippen LogP contribution in [0.2, 0.25) is 0 Å². The first-order chi connectivity index (χ1) is 9.20. The highest BCUT2D eigenvalue weighted by molar-refractivity contribution is 6.18. The van der Waals surface area contributed by atoms with Crippen molar-refractivity contribution in [1.82, 2.24) is 4.90 Å². The van der Waals surface area contributed by atoms with Gasteiger partial charge in [-0.05, 0) is 31.2 Å². The Balaban J connectivity index is 2.29. The second-order valence-corrected chi connectivity index (χ2v) is 5.59. The van der Waals surface area contributed by atoms with E-state index in [1.54, 1.807) is 0 Å². The number of halogens is 1. The summed E-state index contributed by atoms with van der Waals surface area (Å²) in [4.78, 5) is 14.9. The number of carbonyl (C=O) groups excluding carboxylic acids is 1. The van der Waals surface area contributed by atoms with Gasteiger partial charge in [-0.25, -0.2) is 0 Å². The zero-order valence-electron chi connectivity index (χ0n) is 11.7. The molecule has 0 bridgehead atoms. The quantitative estimate of drug-likeness (QED) is 0.731. The van der Waals surface area contributed by atoms with E-state index >= 15 is 0 Å². The Kier molecular flexibility index (Phi) is 4.51. The minimum atomic E-state index is -0.353. The lowest BCUT2D eigenvalue weighted by molar-refractivity contribution is -0.134. The smallest absolute Gasteiger partial charge is 0.233 e. The van der Waals surface area contributed by atoms with E-state index in [2.05, 4.69) is 19.1 Å². The van der Waals surface area contributed by atoms with E-state index in [-0.39, 0.29) is 17.2 Å². The number of amides is 1. The van der Waals surface area contributed by atoms with Crippen LogP contribution in [-0.2, 0) is 10.2 Å². The molecule has 2 unspecified atom stereocenters. The largest absolute Gasteiger partial charge is 0.342 e. The van der Waals surface area contributed by atoms with Gasteiger partial charge in [0.05, 0.1) is 5.41 Å². The van der Waals surface area contributed by atoms with E-state index in [0.29, 0.717) is 5.88 Å². The van der Waals surface area contributed by atoms with Gasteiger partial charge in [-0.2, -0.15) is 0 Å². The molecule has 0 aliphatic heterocycles. The highest BCUT2D eigenvalue weighted by Crippen LogP contribution is 2.55. The molecular formula is C16H22ClNO. The summed E-state index contributed by atoms with van der Waals surface area (Å²) < 4.78 is 0. The normalized spacial score (nSPS) is 25.1. The van der Waals surface area contributed by atoms with Crippen LogP contribution in [0.5, 0.6) is 0 Å². The third kappa shape index (κ3) is 2.51. The fourth-order valence-corrected chi connectivity index (χ4v) is 3.32. The molecule has 2 atom stereocenters. The average molecular weight is 280 g/mol. The summed E-state index contributed by atoms with van der Waals surface area (Å²) in [7, 11) is 0. The molecular weight excluding hydrogens is 258 g/mol. The topological polar surface area (TPSA) is 20.3 Å². The van der Waals surface area contributed by atoms with Gasteiger partial charge in [0.15, 0.2) is 0 Å². The lowest BCUT2D eigenvalue weighted by Gasteiger charge is -2.27. The number of rotatable bonds is 6. The van der Waals surface area contributed by atoms with E-state index < -0.39 is 0 Å². The van der Waals surface area contributed by atoms with Crippen LogP contribution in [0.4, 0.5) is 0 Å². The number of hydrogen-bond donors (Lipinski definition) is 0. The predicted molar refractivity (Wildman–Crippen MR) is 79.5 cm³/mol. The number of carbonyl (C=O) groups is 1. The van der Waals surface area contributed by atoms with Crippen LogP contribution in [-0.4, -0.2) is 29.8 Å². The molecule has 0 spiro atoms. The van der Waals surface area contributed by atoms with Crippen LogP contribution in [0.1, 0.15) is 32.3 Å². The van der Waals surface area contributed by atoms with Crippen LogP contribution >= 0.6 is 11.6 Å². The van der Waals surface area contributed by atoms with E-state index in [4.69, 9.17) is 11.6 Å². The van der Waals surface area contributed by atoms with Crippen LogP contribution in [0.3, 0.4) is 0 Å². The molecule has 1 saturated carbocycles. The number of alkyl halides is 1. The zero-order valence-corrected chi connectivity index (χ0v) is 12.5. The second-order valence-electron chi connectivity index (χ2n) is 5.28. The molecule has 1 aromatic rings. The zero-order chi connectivity index (χ0) is 13.9. The maximum absolute atomic E-state index is 12.9. The molecule has 1 aliphatic carbocycles. The molecule has 19 heavy (non-hydrogen) atoms. The Morgan fingerprint density at radius 2 is 2.05 bits per heavy atom. The van der Waals surface area contributed by atoms with Crippen molar-refractivity contribution in [1.29, 1.82) is 0 Å². The number of likely N-dealkylation sites (N-methyl/N-ethyl adjacent to an activating group) is 1. The summed E-state index contributed by atoms with van der Waals surface area (Å²) >= 11 is 6.03. The Bertz CT molecular complexity index is 434. The Labute approximate surface area is 120 Å². The molecule has 104 valence electrons. The summed E-state index contributed by atoms with van der Waals surface area (Å²) in [6.45, 7) is 5.76.